The molecule has 6 rings (SSSR count). The molecule has 186 valence electrons. The molecule has 1 atom stereocenters. The standard InChI is InChI=1S/C36H32N2/c1-3-28-29(30-19-11-7-13-22-34(30)37-33-21-12-5-4-8-16-26(33)2)24-25-32-31-20-14-15-23-35(31)38(36(28)32)27-17-9-6-10-18-27/h4,6-7,9-17,19-21,23-25,27,37H,3,8,18H2,1-2H3/t5?,27-/m0/s1. The zero-order valence-corrected chi connectivity index (χ0v) is 22.0. The number of fused-ring (bicyclic) bond motifs is 3. The molecule has 38 heavy (non-hydrogen) atoms. The Morgan fingerprint density at radius 3 is 2.76 bits per heavy atom. The summed E-state index contributed by atoms with van der Waals surface area (Å²) in [5.41, 5.74) is 16.4. The molecule has 1 aromatic heterocycles. The van der Waals surface area contributed by atoms with Crippen LogP contribution in [0.5, 0.6) is 0 Å². The van der Waals surface area contributed by atoms with Crippen molar-refractivity contribution in [2.45, 2.75) is 39.2 Å². The minimum Gasteiger partial charge on any atom is -0.348 e. The molecule has 3 aliphatic carbocycles. The highest BCUT2D eigenvalue weighted by atomic mass is 15.0. The van der Waals surface area contributed by atoms with Gasteiger partial charge in [-0.25, -0.2) is 0 Å². The van der Waals surface area contributed by atoms with Crippen molar-refractivity contribution in [2.24, 2.45) is 0 Å². The normalized spacial score (nSPS) is 18.6. The number of nitrogens with one attached hydrogen (secondary N) is 1. The van der Waals surface area contributed by atoms with E-state index in [1.165, 1.54) is 38.5 Å². The maximum absolute atomic E-state index is 3.71. The Labute approximate surface area is 225 Å². The lowest BCUT2D eigenvalue weighted by Gasteiger charge is -2.22. The minimum absolute atomic E-state index is 0.298. The average molecular weight is 493 g/mol. The van der Waals surface area contributed by atoms with E-state index in [9.17, 15) is 0 Å². The van der Waals surface area contributed by atoms with Crippen molar-refractivity contribution < 1.29 is 0 Å². The first-order valence-electron chi connectivity index (χ1n) is 13.5. The second kappa shape index (κ2) is 10.5. The van der Waals surface area contributed by atoms with Gasteiger partial charge in [-0.1, -0.05) is 91.6 Å². The molecule has 3 aromatic rings. The van der Waals surface area contributed by atoms with Gasteiger partial charge < -0.3 is 9.88 Å². The number of aryl methyl sites for hydroxylation is 1. The quantitative estimate of drug-likeness (QED) is 0.352. The summed E-state index contributed by atoms with van der Waals surface area (Å²) in [4.78, 5) is 0. The van der Waals surface area contributed by atoms with E-state index < -0.39 is 0 Å². The maximum Gasteiger partial charge on any atom is 0.0897 e. The Balaban J connectivity index is 1.55. The van der Waals surface area contributed by atoms with E-state index in [0.717, 1.165) is 36.2 Å². The first kappa shape index (κ1) is 23.9. The highest BCUT2D eigenvalue weighted by molar-refractivity contribution is 6.10. The topological polar surface area (TPSA) is 17.0 Å². The lowest BCUT2D eigenvalue weighted by Crippen LogP contribution is -2.16. The van der Waals surface area contributed by atoms with Crippen LogP contribution in [0.4, 0.5) is 0 Å². The molecule has 2 nitrogen and oxygen atoms in total. The summed E-state index contributed by atoms with van der Waals surface area (Å²) in [5.74, 6) is 0. The number of aromatic nitrogens is 1. The first-order chi connectivity index (χ1) is 18.8. The van der Waals surface area contributed by atoms with E-state index in [0.29, 0.717) is 6.04 Å². The van der Waals surface area contributed by atoms with E-state index in [-0.39, 0.29) is 0 Å². The Kier molecular flexibility index (Phi) is 6.59. The van der Waals surface area contributed by atoms with Crippen LogP contribution >= 0.6 is 0 Å². The lowest BCUT2D eigenvalue weighted by molar-refractivity contribution is 0.646. The Morgan fingerprint density at radius 2 is 1.89 bits per heavy atom. The Morgan fingerprint density at radius 1 is 0.974 bits per heavy atom. The monoisotopic (exact) mass is 492 g/mol. The summed E-state index contributed by atoms with van der Waals surface area (Å²) in [5, 5.41) is 6.35. The molecule has 0 aliphatic heterocycles. The molecular weight excluding hydrogens is 460 g/mol. The predicted octanol–water partition coefficient (Wildman–Crippen LogP) is 8.94. The van der Waals surface area contributed by atoms with E-state index in [2.05, 4.69) is 126 Å². The first-order valence-corrected chi connectivity index (χ1v) is 13.5. The van der Waals surface area contributed by atoms with Crippen LogP contribution in [0.25, 0.3) is 27.4 Å². The third-order valence-electron chi connectivity index (χ3n) is 7.57. The summed E-state index contributed by atoms with van der Waals surface area (Å²) in [6, 6.07) is 13.8. The molecule has 2 heteroatoms. The van der Waals surface area contributed by atoms with Crippen molar-refractivity contribution in [1.82, 2.24) is 9.88 Å². The molecule has 2 aromatic carbocycles. The van der Waals surface area contributed by atoms with Gasteiger partial charge in [-0.05, 0) is 73.3 Å². The second-order valence-electron chi connectivity index (χ2n) is 9.86. The van der Waals surface area contributed by atoms with Crippen molar-refractivity contribution in [3.63, 3.8) is 0 Å². The SMILES string of the molecule is CCc1c(C2=CC=CC=C=C2NC2=CC=C=CCC=C2C)ccc2c3ccccc3n([C@H]3C=CC=CC3)c12. The van der Waals surface area contributed by atoms with Crippen LogP contribution in [0.1, 0.15) is 43.9 Å². The third-order valence-corrected chi connectivity index (χ3v) is 7.57. The minimum atomic E-state index is 0.298. The summed E-state index contributed by atoms with van der Waals surface area (Å²) >= 11 is 0. The number of benzene rings is 2. The highest BCUT2D eigenvalue weighted by Crippen LogP contribution is 2.40. The lowest BCUT2D eigenvalue weighted by atomic mass is 9.92. The zero-order chi connectivity index (χ0) is 25.9. The van der Waals surface area contributed by atoms with Gasteiger partial charge in [0.15, 0.2) is 0 Å². The van der Waals surface area contributed by atoms with Gasteiger partial charge in [0.2, 0.25) is 0 Å². The van der Waals surface area contributed by atoms with Crippen molar-refractivity contribution in [1.29, 1.82) is 0 Å². The van der Waals surface area contributed by atoms with Gasteiger partial charge in [-0.2, -0.15) is 0 Å². The number of hydrogen-bond acceptors (Lipinski definition) is 1. The zero-order valence-electron chi connectivity index (χ0n) is 22.0. The molecule has 1 N–H and O–H groups in total. The van der Waals surface area contributed by atoms with E-state index >= 15 is 0 Å². The fourth-order valence-corrected chi connectivity index (χ4v) is 5.72. The summed E-state index contributed by atoms with van der Waals surface area (Å²) in [6.07, 6.45) is 28.5. The number of allylic oxidation sites excluding steroid dienone is 12. The molecule has 3 aliphatic rings. The molecule has 0 unspecified atom stereocenters. The summed E-state index contributed by atoms with van der Waals surface area (Å²) in [6.45, 7) is 4.43. The van der Waals surface area contributed by atoms with Crippen LogP contribution < -0.4 is 5.32 Å². The average Bonchev–Trinajstić information content (AvgIpc) is 3.10. The van der Waals surface area contributed by atoms with Crippen LogP contribution in [0, 0.1) is 0 Å². The summed E-state index contributed by atoms with van der Waals surface area (Å²) < 4.78 is 2.56. The third kappa shape index (κ3) is 4.31. The second-order valence-corrected chi connectivity index (χ2v) is 9.86. The molecule has 0 radical (unpaired) electrons. The maximum atomic E-state index is 3.71. The van der Waals surface area contributed by atoms with Gasteiger partial charge in [0.1, 0.15) is 0 Å². The van der Waals surface area contributed by atoms with Crippen LogP contribution in [-0.2, 0) is 6.42 Å². The highest BCUT2D eigenvalue weighted by Gasteiger charge is 2.22. The molecule has 0 bridgehead atoms. The molecule has 0 spiro atoms. The fourth-order valence-electron chi connectivity index (χ4n) is 5.72. The Bertz CT molecular complexity index is 1740. The van der Waals surface area contributed by atoms with E-state index in [4.69, 9.17) is 0 Å². The molecule has 1 heterocycles. The van der Waals surface area contributed by atoms with Gasteiger partial charge >= 0.3 is 0 Å². The number of hydrogen-bond donors (Lipinski definition) is 1. The van der Waals surface area contributed by atoms with E-state index in [1.54, 1.807) is 0 Å². The Hall–Kier alpha value is -4.48. The molecule has 0 fully saturated rings. The molecule has 0 amide bonds. The summed E-state index contributed by atoms with van der Waals surface area (Å²) in [7, 11) is 0. The number of nitrogens with zero attached hydrogens (tertiary/aromatic N) is 1. The van der Waals surface area contributed by atoms with Crippen LogP contribution in [-0.4, -0.2) is 4.57 Å². The van der Waals surface area contributed by atoms with Crippen molar-refractivity contribution in [3.05, 3.63) is 149 Å². The van der Waals surface area contributed by atoms with Crippen LogP contribution in [0.3, 0.4) is 0 Å². The smallest absolute Gasteiger partial charge is 0.0897 e. The van der Waals surface area contributed by atoms with Crippen molar-refractivity contribution in [2.75, 3.05) is 0 Å². The van der Waals surface area contributed by atoms with Gasteiger partial charge in [0.25, 0.3) is 0 Å². The number of para-hydroxylation sites is 1. The van der Waals surface area contributed by atoms with Gasteiger partial charge in [-0.3, -0.25) is 0 Å². The van der Waals surface area contributed by atoms with Crippen LogP contribution in [0.15, 0.2) is 138 Å². The molecular formula is C36H32N2. The van der Waals surface area contributed by atoms with Gasteiger partial charge in [0.05, 0.1) is 17.3 Å². The van der Waals surface area contributed by atoms with Crippen LogP contribution in [0.2, 0.25) is 0 Å². The van der Waals surface area contributed by atoms with Gasteiger partial charge in [-0.15, -0.1) is 5.73 Å². The molecule has 0 saturated carbocycles. The largest absolute Gasteiger partial charge is 0.348 e. The fraction of sp³-hybridized carbons (Fsp3) is 0.167. The van der Waals surface area contributed by atoms with Crippen molar-refractivity contribution >= 4 is 27.4 Å². The molecule has 0 saturated heterocycles. The van der Waals surface area contributed by atoms with E-state index in [1.807, 2.05) is 18.2 Å². The predicted molar refractivity (Wildman–Crippen MR) is 162 cm³/mol. The number of rotatable bonds is 5. The van der Waals surface area contributed by atoms with Crippen molar-refractivity contribution in [3.8, 4) is 0 Å². The van der Waals surface area contributed by atoms with Gasteiger partial charge in [0, 0.05) is 27.6 Å².